The number of hydrogen-bond acceptors (Lipinski definition) is 5. The Morgan fingerprint density at radius 2 is 1.55 bits per heavy atom. The van der Waals surface area contributed by atoms with Crippen molar-refractivity contribution >= 4 is 32.9 Å². The maximum Gasteiger partial charge on any atom is 0.217 e. The molecule has 1 unspecified atom stereocenters. The van der Waals surface area contributed by atoms with Gasteiger partial charge in [-0.1, -0.05) is 60.1 Å². The third-order valence-corrected chi connectivity index (χ3v) is 6.38. The van der Waals surface area contributed by atoms with Crippen LogP contribution >= 0.6 is 11.6 Å². The number of hydrogen-bond donors (Lipinski definition) is 1. The van der Waals surface area contributed by atoms with E-state index >= 15 is 0 Å². The predicted molar refractivity (Wildman–Crippen MR) is 116 cm³/mol. The van der Waals surface area contributed by atoms with Crippen LogP contribution in [0.25, 0.3) is 0 Å². The van der Waals surface area contributed by atoms with Crippen molar-refractivity contribution in [2.45, 2.75) is 17.3 Å². The van der Waals surface area contributed by atoms with Gasteiger partial charge in [0.05, 0.1) is 6.61 Å². The SMILES string of the molecule is C[S+](Cc1ccccc1Cl)c1ccc(O)cc1.O=S(=O)([O-])OCc1ccccc1. The summed E-state index contributed by atoms with van der Waals surface area (Å²) in [5.41, 5.74) is 1.82. The highest BCUT2D eigenvalue weighted by atomic mass is 35.5. The van der Waals surface area contributed by atoms with Crippen LogP contribution in [0.2, 0.25) is 5.02 Å². The molecule has 0 aliphatic heterocycles. The van der Waals surface area contributed by atoms with E-state index in [9.17, 15) is 18.1 Å². The summed E-state index contributed by atoms with van der Waals surface area (Å²) in [6, 6.07) is 23.9. The molecule has 8 heteroatoms. The second-order valence-corrected chi connectivity index (χ2v) is 9.52. The first kappa shape index (κ1) is 23.3. The van der Waals surface area contributed by atoms with Crippen LogP contribution in [0.5, 0.6) is 5.75 Å². The normalized spacial score (nSPS) is 12.0. The van der Waals surface area contributed by atoms with Gasteiger partial charge in [-0.25, -0.2) is 8.42 Å². The fourth-order valence-electron chi connectivity index (χ4n) is 2.32. The van der Waals surface area contributed by atoms with Gasteiger partial charge >= 0.3 is 0 Å². The zero-order valence-electron chi connectivity index (χ0n) is 15.7. The Kier molecular flexibility index (Phi) is 9.00. The summed E-state index contributed by atoms with van der Waals surface area (Å²) >= 11 is 6.15. The molecule has 0 amide bonds. The second-order valence-electron chi connectivity index (χ2n) is 6.02. The summed E-state index contributed by atoms with van der Waals surface area (Å²) in [6.07, 6.45) is 2.19. The molecule has 0 spiro atoms. The van der Waals surface area contributed by atoms with Gasteiger partial charge in [0, 0.05) is 21.5 Å². The van der Waals surface area contributed by atoms with Gasteiger partial charge in [-0.05, 0) is 35.9 Å². The predicted octanol–water partition coefficient (Wildman–Crippen LogP) is 4.52. The topological polar surface area (TPSA) is 86.7 Å². The highest BCUT2D eigenvalue weighted by molar-refractivity contribution is 7.95. The summed E-state index contributed by atoms with van der Waals surface area (Å²) in [4.78, 5) is 1.24. The molecule has 1 N–H and O–H groups in total. The zero-order chi connectivity index (χ0) is 21.3. The first-order chi connectivity index (χ1) is 13.7. The van der Waals surface area contributed by atoms with Crippen molar-refractivity contribution in [3.05, 3.63) is 95.0 Å². The molecule has 154 valence electrons. The van der Waals surface area contributed by atoms with Crippen LogP contribution in [0.3, 0.4) is 0 Å². The summed E-state index contributed by atoms with van der Waals surface area (Å²) in [7, 11) is -4.47. The molecule has 3 aromatic rings. The van der Waals surface area contributed by atoms with Crippen molar-refractivity contribution in [1.82, 2.24) is 0 Å². The molecule has 0 aliphatic rings. The molecule has 3 aromatic carbocycles. The monoisotopic (exact) mass is 452 g/mol. The van der Waals surface area contributed by atoms with Crippen molar-refractivity contribution < 1.29 is 22.3 Å². The number of benzene rings is 3. The summed E-state index contributed by atoms with van der Waals surface area (Å²) in [5, 5.41) is 10.1. The lowest BCUT2D eigenvalue weighted by Crippen LogP contribution is -2.03. The first-order valence-corrected chi connectivity index (χ1v) is 12.0. The molecule has 0 saturated carbocycles. The van der Waals surface area contributed by atoms with Crippen molar-refractivity contribution in [2.75, 3.05) is 6.26 Å². The van der Waals surface area contributed by atoms with Gasteiger partial charge in [0.2, 0.25) is 10.4 Å². The van der Waals surface area contributed by atoms with Crippen LogP contribution < -0.4 is 0 Å². The molecule has 3 rings (SSSR count). The lowest BCUT2D eigenvalue weighted by molar-refractivity contribution is 0.253. The van der Waals surface area contributed by atoms with Crippen LogP contribution in [-0.4, -0.2) is 24.3 Å². The fourth-order valence-corrected chi connectivity index (χ4v) is 4.37. The molecule has 0 radical (unpaired) electrons. The summed E-state index contributed by atoms with van der Waals surface area (Å²) in [6.45, 7) is -0.202. The van der Waals surface area contributed by atoms with E-state index in [0.717, 1.165) is 10.8 Å². The van der Waals surface area contributed by atoms with Gasteiger partial charge in [0.25, 0.3) is 0 Å². The highest BCUT2D eigenvalue weighted by Crippen LogP contribution is 2.23. The third-order valence-electron chi connectivity index (χ3n) is 3.78. The summed E-state index contributed by atoms with van der Waals surface area (Å²) < 4.78 is 34.1. The van der Waals surface area contributed by atoms with Crippen LogP contribution in [0.1, 0.15) is 11.1 Å². The van der Waals surface area contributed by atoms with Crippen LogP contribution in [0.15, 0.2) is 83.8 Å². The smallest absolute Gasteiger partial charge is 0.217 e. The number of phenolic OH excluding ortho intramolecular Hbond substituents is 1. The molecule has 0 bridgehead atoms. The molecular formula is C21H21ClO5S2. The maximum absolute atomic E-state index is 10.0. The van der Waals surface area contributed by atoms with Gasteiger partial charge in [0.15, 0.2) is 4.90 Å². The van der Waals surface area contributed by atoms with Gasteiger partial charge in [-0.15, -0.1) is 0 Å². The van der Waals surface area contributed by atoms with Gasteiger partial charge < -0.3 is 9.66 Å². The minimum atomic E-state index is -4.57. The number of aromatic hydroxyl groups is 1. The average molecular weight is 453 g/mol. The van der Waals surface area contributed by atoms with E-state index in [1.807, 2.05) is 30.3 Å². The number of rotatable bonds is 6. The molecule has 0 fully saturated rings. The summed E-state index contributed by atoms with van der Waals surface area (Å²) in [5.74, 6) is 1.24. The van der Waals surface area contributed by atoms with E-state index < -0.39 is 10.4 Å². The van der Waals surface area contributed by atoms with E-state index in [0.29, 0.717) is 11.3 Å². The first-order valence-electron chi connectivity index (χ1n) is 8.54. The van der Waals surface area contributed by atoms with E-state index in [2.05, 4.69) is 16.5 Å². The second kappa shape index (κ2) is 11.2. The van der Waals surface area contributed by atoms with Gasteiger partial charge in [0.1, 0.15) is 17.8 Å². The van der Waals surface area contributed by atoms with Crippen LogP contribution in [0, 0.1) is 0 Å². The quantitative estimate of drug-likeness (QED) is 0.337. The number of phenols is 1. The molecule has 29 heavy (non-hydrogen) atoms. The molecule has 5 nitrogen and oxygen atoms in total. The molecule has 1 atom stereocenters. The average Bonchev–Trinajstić information content (AvgIpc) is 2.69. The van der Waals surface area contributed by atoms with Gasteiger partial charge in [-0.2, -0.15) is 0 Å². The van der Waals surface area contributed by atoms with Crippen LogP contribution in [-0.2, 0) is 37.8 Å². The Hall–Kier alpha value is -2.03. The van der Waals surface area contributed by atoms with Gasteiger partial charge in [-0.3, -0.25) is 4.18 Å². The molecule has 0 aromatic heterocycles. The van der Waals surface area contributed by atoms with Crippen molar-refractivity contribution in [3.8, 4) is 5.75 Å². The Morgan fingerprint density at radius 1 is 0.966 bits per heavy atom. The fraction of sp³-hybridized carbons (Fsp3) is 0.143. The Labute approximate surface area is 179 Å². The largest absolute Gasteiger partial charge is 0.726 e. The van der Waals surface area contributed by atoms with Crippen molar-refractivity contribution in [2.24, 2.45) is 0 Å². The minimum absolute atomic E-state index is 0.102. The lowest BCUT2D eigenvalue weighted by atomic mass is 10.2. The Bertz CT molecular complexity index is 993. The zero-order valence-corrected chi connectivity index (χ0v) is 18.1. The highest BCUT2D eigenvalue weighted by Gasteiger charge is 2.17. The third kappa shape index (κ3) is 8.89. The van der Waals surface area contributed by atoms with E-state index in [1.54, 1.807) is 42.5 Å². The lowest BCUT2D eigenvalue weighted by Gasteiger charge is -2.06. The Morgan fingerprint density at radius 3 is 2.14 bits per heavy atom. The van der Waals surface area contributed by atoms with E-state index in [1.165, 1.54) is 10.5 Å². The minimum Gasteiger partial charge on any atom is -0.726 e. The van der Waals surface area contributed by atoms with E-state index in [-0.39, 0.29) is 17.5 Å². The maximum atomic E-state index is 10.0. The molecular weight excluding hydrogens is 432 g/mol. The standard InChI is InChI=1S/C14H13ClOS.C7H8O4S/c1-17(13-8-6-12(16)7-9-13)10-11-4-2-3-5-14(11)15;8-12(9,10)11-6-7-4-2-1-3-5-7/h2-9H,10H2,1H3;1-5H,6H2,(H,8,9,10). The molecule has 0 heterocycles. The number of halogens is 1. The Balaban J connectivity index is 0.000000221. The van der Waals surface area contributed by atoms with E-state index in [4.69, 9.17) is 11.6 Å². The van der Waals surface area contributed by atoms with Crippen molar-refractivity contribution in [1.29, 1.82) is 0 Å². The van der Waals surface area contributed by atoms with Crippen LogP contribution in [0.4, 0.5) is 0 Å². The van der Waals surface area contributed by atoms with Crippen molar-refractivity contribution in [3.63, 3.8) is 0 Å². The molecule has 0 saturated heterocycles. The molecule has 0 aliphatic carbocycles.